The summed E-state index contributed by atoms with van der Waals surface area (Å²) in [6.07, 6.45) is 2.53. The lowest BCUT2D eigenvalue weighted by molar-refractivity contribution is 0.141. The Morgan fingerprint density at radius 1 is 1.14 bits per heavy atom. The van der Waals surface area contributed by atoms with Crippen LogP contribution in [0.3, 0.4) is 0 Å². The molecular formula is C25H30F3N3O3S2. The zero-order chi connectivity index (χ0) is 25.9. The number of halogens is 3. The van der Waals surface area contributed by atoms with Crippen molar-refractivity contribution < 1.29 is 26.3 Å². The number of ether oxygens (including phenoxy) is 1. The van der Waals surface area contributed by atoms with Crippen LogP contribution in [0.1, 0.15) is 38.7 Å². The first-order valence-electron chi connectivity index (χ1n) is 12.0. The summed E-state index contributed by atoms with van der Waals surface area (Å²) in [4.78, 5) is 4.83. The molecule has 4 rings (SSSR count). The number of thioether (sulfide) groups is 1. The van der Waals surface area contributed by atoms with Crippen LogP contribution in [-0.4, -0.2) is 48.6 Å². The van der Waals surface area contributed by atoms with Crippen LogP contribution in [0.15, 0.2) is 40.4 Å². The highest BCUT2D eigenvalue weighted by Gasteiger charge is 2.29. The van der Waals surface area contributed by atoms with Gasteiger partial charge in [-0.25, -0.2) is 26.6 Å². The van der Waals surface area contributed by atoms with Crippen molar-refractivity contribution in [1.82, 2.24) is 13.9 Å². The molecule has 1 saturated heterocycles. The van der Waals surface area contributed by atoms with Crippen molar-refractivity contribution >= 4 is 32.8 Å². The molecule has 1 atom stereocenters. The molecule has 196 valence electrons. The molecule has 11 heteroatoms. The molecule has 1 aliphatic heterocycles. The smallest absolute Gasteiger partial charge is 0.243 e. The Balaban J connectivity index is 1.64. The van der Waals surface area contributed by atoms with Gasteiger partial charge in [0.25, 0.3) is 0 Å². The zero-order valence-corrected chi connectivity index (χ0v) is 22.0. The van der Waals surface area contributed by atoms with Crippen LogP contribution < -0.4 is 0 Å². The maximum absolute atomic E-state index is 14.2. The van der Waals surface area contributed by atoms with Gasteiger partial charge in [0.15, 0.2) is 16.8 Å². The summed E-state index contributed by atoms with van der Waals surface area (Å²) in [5, 5.41) is 0.534. The first-order valence-corrected chi connectivity index (χ1v) is 14.5. The molecular weight excluding hydrogens is 511 g/mol. The molecule has 2 heterocycles. The second kappa shape index (κ2) is 11.5. The predicted molar refractivity (Wildman–Crippen MR) is 134 cm³/mol. The zero-order valence-electron chi connectivity index (χ0n) is 20.3. The normalized spacial score (nSPS) is 17.2. The first kappa shape index (κ1) is 27.0. The third-order valence-corrected chi connectivity index (χ3v) is 9.15. The molecule has 0 radical (unpaired) electrons. The van der Waals surface area contributed by atoms with E-state index in [-0.39, 0.29) is 16.2 Å². The van der Waals surface area contributed by atoms with Crippen molar-refractivity contribution in [2.45, 2.75) is 55.5 Å². The van der Waals surface area contributed by atoms with E-state index in [4.69, 9.17) is 4.74 Å². The number of hydrogen-bond donors (Lipinski definition) is 0. The molecule has 6 nitrogen and oxygen atoms in total. The van der Waals surface area contributed by atoms with Crippen LogP contribution in [0.2, 0.25) is 0 Å². The Morgan fingerprint density at radius 2 is 1.92 bits per heavy atom. The van der Waals surface area contributed by atoms with Gasteiger partial charge in [-0.2, -0.15) is 4.31 Å². The highest BCUT2D eigenvalue weighted by Crippen LogP contribution is 2.31. The number of aryl methyl sites for hydroxylation is 1. The second-order valence-corrected chi connectivity index (χ2v) is 11.9. The molecule has 0 bridgehead atoms. The quantitative estimate of drug-likeness (QED) is 0.190. The average molecular weight is 542 g/mol. The monoisotopic (exact) mass is 541 g/mol. The van der Waals surface area contributed by atoms with Gasteiger partial charge < -0.3 is 9.30 Å². The fraction of sp³-hybridized carbons (Fsp3) is 0.480. The Bertz CT molecular complexity index is 1330. The highest BCUT2D eigenvalue weighted by molar-refractivity contribution is 7.98. The van der Waals surface area contributed by atoms with Crippen LogP contribution in [0, 0.1) is 23.4 Å². The number of imidazole rings is 1. The van der Waals surface area contributed by atoms with Crippen LogP contribution in [0.4, 0.5) is 13.2 Å². The number of aromatic nitrogens is 2. The highest BCUT2D eigenvalue weighted by atomic mass is 32.2. The summed E-state index contributed by atoms with van der Waals surface area (Å²) in [6, 6.07) is 6.30. The lowest BCUT2D eigenvalue weighted by atomic mass is 10.0. The van der Waals surface area contributed by atoms with Gasteiger partial charge in [-0.3, -0.25) is 0 Å². The standard InChI is InChI=1S/C25H30F3N3O3S2/c1-3-34-11-5-10-31-24-8-7-19(36(32,33)30-9-4-6-17(2)15-30)13-23(24)29-25(31)35-16-18-12-21(27)22(28)14-20(18)26/h7-8,12-14,17H,3-6,9-11,15-16H2,1-2H3. The number of sulfonamides is 1. The maximum Gasteiger partial charge on any atom is 0.243 e. The largest absolute Gasteiger partial charge is 0.382 e. The molecule has 0 aliphatic carbocycles. The molecule has 3 aromatic rings. The topological polar surface area (TPSA) is 64.4 Å². The Morgan fingerprint density at radius 3 is 2.67 bits per heavy atom. The van der Waals surface area contributed by atoms with Gasteiger partial charge in [0.1, 0.15) is 5.82 Å². The van der Waals surface area contributed by atoms with Crippen molar-refractivity contribution in [2.75, 3.05) is 26.3 Å². The van der Waals surface area contributed by atoms with Crippen molar-refractivity contribution in [2.24, 2.45) is 5.92 Å². The van der Waals surface area contributed by atoms with Crippen LogP contribution in [-0.2, 0) is 27.1 Å². The Hall–Kier alpha value is -2.08. The summed E-state index contributed by atoms with van der Waals surface area (Å²) in [6.45, 7) is 6.64. The summed E-state index contributed by atoms with van der Waals surface area (Å²) >= 11 is 1.18. The molecule has 0 spiro atoms. The third-order valence-electron chi connectivity index (χ3n) is 6.26. The van der Waals surface area contributed by atoms with E-state index in [1.54, 1.807) is 18.2 Å². The summed E-state index contributed by atoms with van der Waals surface area (Å²) in [5.41, 5.74) is 1.27. The predicted octanol–water partition coefficient (Wildman–Crippen LogP) is 5.59. The minimum Gasteiger partial charge on any atom is -0.382 e. The van der Waals surface area contributed by atoms with Crippen molar-refractivity contribution in [3.63, 3.8) is 0 Å². The van der Waals surface area contributed by atoms with E-state index in [0.717, 1.165) is 24.4 Å². The van der Waals surface area contributed by atoms with E-state index in [9.17, 15) is 21.6 Å². The lowest BCUT2D eigenvalue weighted by Gasteiger charge is -2.30. The molecule has 0 saturated carbocycles. The fourth-order valence-corrected chi connectivity index (χ4v) is 7.01. The van der Waals surface area contributed by atoms with Gasteiger partial charge in [0, 0.05) is 50.2 Å². The SMILES string of the molecule is CCOCCCn1c(SCc2cc(F)c(F)cc2F)nc2cc(S(=O)(=O)N3CCCC(C)C3)ccc21. The average Bonchev–Trinajstić information content (AvgIpc) is 3.20. The molecule has 36 heavy (non-hydrogen) atoms. The van der Waals surface area contributed by atoms with Gasteiger partial charge in [-0.15, -0.1) is 0 Å². The van der Waals surface area contributed by atoms with E-state index < -0.39 is 27.5 Å². The van der Waals surface area contributed by atoms with Crippen LogP contribution in [0.5, 0.6) is 0 Å². The number of fused-ring (bicyclic) bond motifs is 1. The second-order valence-electron chi connectivity index (χ2n) is 9.00. The number of rotatable bonds is 10. The van der Waals surface area contributed by atoms with E-state index >= 15 is 0 Å². The van der Waals surface area contributed by atoms with Crippen LogP contribution in [0.25, 0.3) is 11.0 Å². The Kier molecular flexibility index (Phi) is 8.64. The van der Waals surface area contributed by atoms with Gasteiger partial charge in [-0.1, -0.05) is 18.7 Å². The molecule has 2 aromatic carbocycles. The number of nitrogens with zero attached hydrogens (tertiary/aromatic N) is 3. The van der Waals surface area contributed by atoms with Gasteiger partial charge in [-0.05, 0) is 56.4 Å². The fourth-order valence-electron chi connectivity index (χ4n) is 4.37. The minimum atomic E-state index is -3.65. The van der Waals surface area contributed by atoms with Crippen molar-refractivity contribution in [3.05, 3.63) is 53.3 Å². The minimum absolute atomic E-state index is 0.0225. The number of hydrogen-bond acceptors (Lipinski definition) is 5. The first-order chi connectivity index (χ1) is 17.2. The third kappa shape index (κ3) is 5.90. The van der Waals surface area contributed by atoms with Gasteiger partial charge >= 0.3 is 0 Å². The van der Waals surface area contributed by atoms with Crippen molar-refractivity contribution in [3.8, 4) is 0 Å². The maximum atomic E-state index is 14.2. The van der Waals surface area contributed by atoms with Gasteiger partial charge in [0.05, 0.1) is 15.9 Å². The molecule has 1 aliphatic rings. The van der Waals surface area contributed by atoms with Crippen LogP contribution >= 0.6 is 11.8 Å². The van der Waals surface area contributed by atoms with E-state index in [1.807, 2.05) is 18.4 Å². The number of benzene rings is 2. The van der Waals surface area contributed by atoms with E-state index in [1.165, 1.54) is 16.1 Å². The molecule has 0 N–H and O–H groups in total. The van der Waals surface area contributed by atoms with Gasteiger partial charge in [0.2, 0.25) is 10.0 Å². The summed E-state index contributed by atoms with van der Waals surface area (Å²) < 4.78 is 76.6. The molecule has 1 unspecified atom stereocenters. The van der Waals surface area contributed by atoms with E-state index in [0.29, 0.717) is 61.9 Å². The molecule has 1 fully saturated rings. The molecule has 0 amide bonds. The summed E-state index contributed by atoms with van der Waals surface area (Å²) in [7, 11) is -3.65. The van der Waals surface area contributed by atoms with E-state index in [2.05, 4.69) is 4.98 Å². The number of piperidine rings is 1. The summed E-state index contributed by atoms with van der Waals surface area (Å²) in [5.74, 6) is -2.83. The molecule has 1 aromatic heterocycles. The Labute approximate surface area is 213 Å². The lowest BCUT2D eigenvalue weighted by Crippen LogP contribution is -2.39. The van der Waals surface area contributed by atoms with Crippen molar-refractivity contribution in [1.29, 1.82) is 0 Å².